The molecule has 0 fully saturated rings. The van der Waals surface area contributed by atoms with Gasteiger partial charge in [-0.25, -0.2) is 4.79 Å². The predicted molar refractivity (Wildman–Crippen MR) is 137 cm³/mol. The van der Waals surface area contributed by atoms with E-state index in [1.807, 2.05) is 58.0 Å². The summed E-state index contributed by atoms with van der Waals surface area (Å²) in [5, 5.41) is 13.6. The first-order valence-corrected chi connectivity index (χ1v) is 11.7. The molecule has 0 bridgehead atoms. The van der Waals surface area contributed by atoms with E-state index < -0.39 is 17.7 Å². The number of para-hydroxylation sites is 1. The van der Waals surface area contributed by atoms with Crippen LogP contribution in [-0.4, -0.2) is 21.7 Å². The number of aryl methyl sites for hydroxylation is 1. The molecule has 4 nitrogen and oxygen atoms in total. The fourth-order valence-corrected chi connectivity index (χ4v) is 5.31. The monoisotopic (exact) mass is 451 g/mol. The number of fused-ring (bicyclic) bond motifs is 1. The second kappa shape index (κ2) is 8.07. The Labute approximate surface area is 199 Å². The lowest BCUT2D eigenvalue weighted by atomic mass is 9.87. The summed E-state index contributed by atoms with van der Waals surface area (Å²) >= 11 is 0. The van der Waals surface area contributed by atoms with Crippen molar-refractivity contribution in [1.29, 1.82) is 0 Å². The van der Waals surface area contributed by atoms with E-state index in [9.17, 15) is 9.90 Å². The van der Waals surface area contributed by atoms with Gasteiger partial charge in [-0.1, -0.05) is 54.6 Å². The minimum absolute atomic E-state index is 0.292. The van der Waals surface area contributed by atoms with Gasteiger partial charge >= 0.3 is 5.97 Å². The van der Waals surface area contributed by atoms with Crippen molar-refractivity contribution in [2.24, 2.45) is 0 Å². The number of ether oxygens (including phenoxy) is 1. The summed E-state index contributed by atoms with van der Waals surface area (Å²) in [5.41, 5.74) is 5.94. The van der Waals surface area contributed by atoms with E-state index in [1.54, 1.807) is 0 Å². The van der Waals surface area contributed by atoms with Crippen molar-refractivity contribution in [3.63, 3.8) is 0 Å². The molecule has 1 heterocycles. The third-order valence-electron chi connectivity index (χ3n) is 6.63. The number of nitrogens with zero attached hydrogens (tertiary/aromatic N) is 1. The van der Waals surface area contributed by atoms with Gasteiger partial charge in [0, 0.05) is 22.6 Å². The summed E-state index contributed by atoms with van der Waals surface area (Å²) in [6, 6.07) is 18.6. The maximum Gasteiger partial charge on any atom is 0.337 e. The van der Waals surface area contributed by atoms with Crippen LogP contribution in [0.25, 0.3) is 32.8 Å². The molecular formula is C30H29NO3. The number of carboxylic acid groups (broad SMARTS) is 1. The van der Waals surface area contributed by atoms with Crippen LogP contribution in [0.4, 0.5) is 0 Å². The van der Waals surface area contributed by atoms with E-state index in [2.05, 4.69) is 36.9 Å². The molecule has 1 aliphatic rings. The van der Waals surface area contributed by atoms with Gasteiger partial charge in [-0.3, -0.25) is 4.98 Å². The Morgan fingerprint density at radius 1 is 1.12 bits per heavy atom. The Hall–Kier alpha value is -3.50. The van der Waals surface area contributed by atoms with Gasteiger partial charge in [0.25, 0.3) is 0 Å². The van der Waals surface area contributed by atoms with E-state index in [0.717, 1.165) is 33.8 Å². The maximum absolute atomic E-state index is 12.5. The van der Waals surface area contributed by atoms with Gasteiger partial charge in [0.05, 0.1) is 11.1 Å². The van der Waals surface area contributed by atoms with Crippen molar-refractivity contribution in [3.05, 3.63) is 89.6 Å². The van der Waals surface area contributed by atoms with Gasteiger partial charge in [-0.05, 0) is 73.2 Å². The van der Waals surface area contributed by atoms with E-state index in [4.69, 9.17) is 9.72 Å². The summed E-state index contributed by atoms with van der Waals surface area (Å²) in [4.78, 5) is 17.3. The van der Waals surface area contributed by atoms with Crippen molar-refractivity contribution < 1.29 is 14.6 Å². The van der Waals surface area contributed by atoms with Crippen LogP contribution in [0.1, 0.15) is 55.2 Å². The number of hydrogen-bond acceptors (Lipinski definition) is 3. The van der Waals surface area contributed by atoms with E-state index in [1.165, 1.54) is 16.5 Å². The Morgan fingerprint density at radius 3 is 2.56 bits per heavy atom. The molecule has 1 N–H and O–H groups in total. The largest absolute Gasteiger partial charge is 0.479 e. The molecule has 5 rings (SSSR count). The van der Waals surface area contributed by atoms with Gasteiger partial charge < -0.3 is 9.84 Å². The molecule has 4 aromatic rings. The van der Waals surface area contributed by atoms with E-state index in [-0.39, 0.29) is 0 Å². The highest BCUT2D eigenvalue weighted by atomic mass is 16.5. The second-order valence-electron chi connectivity index (χ2n) is 10.0. The number of allylic oxidation sites excluding steroid dienone is 1. The van der Waals surface area contributed by atoms with Crippen molar-refractivity contribution in [1.82, 2.24) is 4.98 Å². The average Bonchev–Trinajstić information content (AvgIpc) is 3.16. The Bertz CT molecular complexity index is 1460. The molecule has 172 valence electrons. The molecule has 0 radical (unpaired) electrons. The fraction of sp³-hybridized carbons (Fsp3) is 0.267. The zero-order chi connectivity index (χ0) is 24.2. The Balaban J connectivity index is 1.90. The Kier molecular flexibility index (Phi) is 5.29. The van der Waals surface area contributed by atoms with Crippen molar-refractivity contribution in [2.75, 3.05) is 0 Å². The first kappa shape index (κ1) is 22.3. The van der Waals surface area contributed by atoms with Crippen LogP contribution in [0.15, 0.2) is 67.3 Å². The second-order valence-corrected chi connectivity index (χ2v) is 10.0. The smallest absolute Gasteiger partial charge is 0.337 e. The van der Waals surface area contributed by atoms with Gasteiger partial charge in [0.2, 0.25) is 0 Å². The standard InChI is InChI=1S/C30H29NO3/c1-6-18-16-19-10-9-12-21-22(15-14-20(18)26(19)21)27-23-11-7-8-13-24(23)31-17(2)25(27)28(29(32)33)34-30(3,4)5/h6-15,18,28H,1,16H2,2-5H3,(H,32,33)/t18-,28-/m0/s1. The van der Waals surface area contributed by atoms with Crippen LogP contribution in [0.2, 0.25) is 0 Å². The third-order valence-corrected chi connectivity index (χ3v) is 6.63. The van der Waals surface area contributed by atoms with Crippen LogP contribution >= 0.6 is 0 Å². The number of aromatic nitrogens is 1. The molecule has 3 aromatic carbocycles. The quantitative estimate of drug-likeness (QED) is 0.328. The first-order valence-electron chi connectivity index (χ1n) is 11.7. The summed E-state index contributed by atoms with van der Waals surface area (Å²) < 4.78 is 6.13. The molecule has 0 amide bonds. The number of pyridine rings is 1. The van der Waals surface area contributed by atoms with Gasteiger partial charge in [-0.15, -0.1) is 6.58 Å². The number of benzene rings is 3. The first-order chi connectivity index (χ1) is 16.2. The number of hydrogen-bond donors (Lipinski definition) is 1. The fourth-order valence-electron chi connectivity index (χ4n) is 5.31. The molecule has 1 aliphatic carbocycles. The zero-order valence-corrected chi connectivity index (χ0v) is 20.1. The number of aliphatic carboxylic acids is 1. The van der Waals surface area contributed by atoms with E-state index >= 15 is 0 Å². The minimum Gasteiger partial charge on any atom is -0.479 e. The summed E-state index contributed by atoms with van der Waals surface area (Å²) in [5.74, 6) is -0.727. The average molecular weight is 452 g/mol. The lowest BCUT2D eigenvalue weighted by Gasteiger charge is -2.28. The van der Waals surface area contributed by atoms with Crippen LogP contribution in [0, 0.1) is 6.92 Å². The molecule has 4 heteroatoms. The van der Waals surface area contributed by atoms with Crippen LogP contribution in [0.5, 0.6) is 0 Å². The molecule has 2 atom stereocenters. The molecule has 0 saturated heterocycles. The van der Waals surface area contributed by atoms with Gasteiger partial charge in [0.1, 0.15) is 0 Å². The molecule has 0 saturated carbocycles. The molecule has 0 aliphatic heterocycles. The number of carbonyl (C=O) groups is 1. The Morgan fingerprint density at radius 2 is 1.85 bits per heavy atom. The number of carboxylic acids is 1. The molecule has 0 unspecified atom stereocenters. The summed E-state index contributed by atoms with van der Waals surface area (Å²) in [6.45, 7) is 11.6. The SMILES string of the molecule is C=C[C@H]1Cc2cccc3c(-c4c([C@H](OC(C)(C)C)C(=O)O)c(C)nc5ccccc45)ccc1c23. The highest BCUT2D eigenvalue weighted by Gasteiger charge is 2.33. The summed E-state index contributed by atoms with van der Waals surface area (Å²) in [7, 11) is 0. The number of rotatable bonds is 5. The van der Waals surface area contributed by atoms with Crippen molar-refractivity contribution in [2.45, 2.75) is 51.7 Å². The van der Waals surface area contributed by atoms with Crippen molar-refractivity contribution in [3.8, 4) is 11.1 Å². The van der Waals surface area contributed by atoms with Gasteiger partial charge in [-0.2, -0.15) is 0 Å². The highest BCUT2D eigenvalue weighted by Crippen LogP contribution is 2.46. The minimum atomic E-state index is -1.14. The lowest BCUT2D eigenvalue weighted by molar-refractivity contribution is -0.160. The van der Waals surface area contributed by atoms with E-state index in [0.29, 0.717) is 17.2 Å². The predicted octanol–water partition coefficient (Wildman–Crippen LogP) is 7.13. The van der Waals surface area contributed by atoms with Crippen LogP contribution < -0.4 is 0 Å². The normalized spacial score (nSPS) is 16.2. The van der Waals surface area contributed by atoms with Crippen LogP contribution in [-0.2, 0) is 16.0 Å². The molecule has 1 aromatic heterocycles. The van der Waals surface area contributed by atoms with Gasteiger partial charge in [0.15, 0.2) is 6.10 Å². The highest BCUT2D eigenvalue weighted by molar-refractivity contribution is 6.09. The summed E-state index contributed by atoms with van der Waals surface area (Å²) in [6.07, 6.45) is 1.81. The molecule has 0 spiro atoms. The maximum atomic E-state index is 12.5. The van der Waals surface area contributed by atoms with Crippen molar-refractivity contribution >= 4 is 27.6 Å². The topological polar surface area (TPSA) is 59.4 Å². The lowest BCUT2D eigenvalue weighted by Crippen LogP contribution is -2.28. The zero-order valence-electron chi connectivity index (χ0n) is 20.1. The molecule has 34 heavy (non-hydrogen) atoms. The van der Waals surface area contributed by atoms with Crippen LogP contribution in [0.3, 0.4) is 0 Å². The third kappa shape index (κ3) is 3.59. The molecular weight excluding hydrogens is 422 g/mol.